The number of nitrogens with zero attached hydrogens (tertiary/aromatic N) is 1. The van der Waals surface area contributed by atoms with E-state index >= 15 is 0 Å². The Kier molecular flexibility index (Phi) is 8.61. The van der Waals surface area contributed by atoms with Gasteiger partial charge in [-0.15, -0.1) is 24.8 Å². The van der Waals surface area contributed by atoms with Gasteiger partial charge in [-0.3, -0.25) is 4.90 Å². The molecule has 128 valence electrons. The molecule has 0 bridgehead atoms. The number of hydrogen-bond donors (Lipinski definition) is 1. The molecular weight excluding hydrogens is 350 g/mol. The van der Waals surface area contributed by atoms with Gasteiger partial charge in [0, 0.05) is 37.8 Å². The third-order valence-corrected chi connectivity index (χ3v) is 3.56. The maximum atomic E-state index is 13.8. The zero-order chi connectivity index (χ0) is 14.9. The van der Waals surface area contributed by atoms with Crippen molar-refractivity contribution in [2.45, 2.75) is 19.4 Å². The van der Waals surface area contributed by atoms with Crippen LogP contribution in [-0.4, -0.2) is 31.1 Å². The first-order chi connectivity index (χ1) is 9.49. The van der Waals surface area contributed by atoms with Crippen LogP contribution in [0.4, 0.5) is 22.0 Å². The van der Waals surface area contributed by atoms with E-state index in [9.17, 15) is 22.0 Å². The highest BCUT2D eigenvalue weighted by Crippen LogP contribution is 2.33. The number of piperazine rings is 1. The van der Waals surface area contributed by atoms with E-state index in [4.69, 9.17) is 0 Å². The number of halogens is 7. The van der Waals surface area contributed by atoms with Crippen LogP contribution in [0.2, 0.25) is 0 Å². The van der Waals surface area contributed by atoms with Crippen LogP contribution in [0.5, 0.6) is 0 Å². The summed E-state index contributed by atoms with van der Waals surface area (Å²) in [7, 11) is 0. The third-order valence-electron chi connectivity index (χ3n) is 3.56. The molecule has 0 unspecified atom stereocenters. The summed E-state index contributed by atoms with van der Waals surface area (Å²) >= 11 is 0. The highest BCUT2D eigenvalue weighted by molar-refractivity contribution is 5.85. The third kappa shape index (κ3) is 3.82. The molecule has 1 aromatic carbocycles. The van der Waals surface area contributed by atoms with Crippen LogP contribution in [0.1, 0.15) is 24.9 Å². The van der Waals surface area contributed by atoms with Crippen LogP contribution < -0.4 is 5.32 Å². The predicted molar refractivity (Wildman–Crippen MR) is 78.2 cm³/mol. The number of rotatable bonds is 3. The normalized spacial score (nSPS) is 16.6. The van der Waals surface area contributed by atoms with Gasteiger partial charge >= 0.3 is 0 Å². The quantitative estimate of drug-likeness (QED) is 0.499. The van der Waals surface area contributed by atoms with Crippen molar-refractivity contribution in [3.63, 3.8) is 0 Å². The molecule has 1 saturated heterocycles. The Bertz CT molecular complexity index is 481. The molecule has 1 aromatic rings. The molecule has 0 radical (unpaired) electrons. The summed E-state index contributed by atoms with van der Waals surface area (Å²) < 4.78 is 67.3. The summed E-state index contributed by atoms with van der Waals surface area (Å²) in [6.07, 6.45) is 0.262. The van der Waals surface area contributed by atoms with E-state index in [0.717, 1.165) is 0 Å². The maximum absolute atomic E-state index is 13.8. The molecule has 0 spiro atoms. The summed E-state index contributed by atoms with van der Waals surface area (Å²) in [6, 6.07) is -0.818. The fraction of sp³-hybridized carbons (Fsp3) is 0.538. The fourth-order valence-electron chi connectivity index (χ4n) is 2.55. The average Bonchev–Trinajstić information content (AvgIpc) is 2.48. The van der Waals surface area contributed by atoms with Gasteiger partial charge in [-0.05, 0) is 6.42 Å². The van der Waals surface area contributed by atoms with Crippen LogP contribution in [0.25, 0.3) is 0 Å². The lowest BCUT2D eigenvalue weighted by atomic mass is 9.99. The maximum Gasteiger partial charge on any atom is 0.200 e. The summed E-state index contributed by atoms with van der Waals surface area (Å²) in [4.78, 5) is 1.73. The zero-order valence-corrected chi connectivity index (χ0v) is 13.4. The second-order valence-electron chi connectivity index (χ2n) is 4.69. The Morgan fingerprint density at radius 1 is 0.864 bits per heavy atom. The smallest absolute Gasteiger partial charge is 0.200 e. The fourth-order valence-corrected chi connectivity index (χ4v) is 2.55. The van der Waals surface area contributed by atoms with E-state index in [1.807, 2.05) is 0 Å². The monoisotopic (exact) mass is 366 g/mol. The Morgan fingerprint density at radius 3 is 1.68 bits per heavy atom. The van der Waals surface area contributed by atoms with Crippen molar-refractivity contribution < 1.29 is 22.0 Å². The van der Waals surface area contributed by atoms with Gasteiger partial charge in [0.2, 0.25) is 5.82 Å². The Labute approximate surface area is 137 Å². The largest absolute Gasteiger partial charge is 0.314 e. The summed E-state index contributed by atoms with van der Waals surface area (Å²) in [5.41, 5.74) is -0.731. The minimum absolute atomic E-state index is 0. The van der Waals surface area contributed by atoms with E-state index in [1.165, 1.54) is 0 Å². The van der Waals surface area contributed by atoms with Crippen LogP contribution in [0.3, 0.4) is 0 Å². The Morgan fingerprint density at radius 2 is 1.27 bits per heavy atom. The van der Waals surface area contributed by atoms with Crippen LogP contribution in [0, 0.1) is 29.1 Å². The van der Waals surface area contributed by atoms with Crippen molar-refractivity contribution in [3.8, 4) is 0 Å². The van der Waals surface area contributed by atoms with Crippen molar-refractivity contribution in [1.29, 1.82) is 0 Å². The van der Waals surface area contributed by atoms with E-state index in [2.05, 4.69) is 5.32 Å². The summed E-state index contributed by atoms with van der Waals surface area (Å²) in [5, 5.41) is 3.07. The molecule has 1 N–H and O–H groups in total. The van der Waals surface area contributed by atoms with Gasteiger partial charge in [0.25, 0.3) is 0 Å². The molecule has 0 aliphatic carbocycles. The summed E-state index contributed by atoms with van der Waals surface area (Å²) in [6.45, 7) is 3.89. The van der Waals surface area contributed by atoms with Gasteiger partial charge in [0.1, 0.15) is 0 Å². The van der Waals surface area contributed by atoms with E-state index in [0.29, 0.717) is 26.2 Å². The SMILES string of the molecule is CC[C@@H](c1c(F)c(F)c(F)c(F)c1F)N1CCNCC1.Cl.Cl. The van der Waals surface area contributed by atoms with Crippen molar-refractivity contribution in [2.75, 3.05) is 26.2 Å². The minimum atomic E-state index is -2.11. The first kappa shape index (κ1) is 21.4. The second-order valence-corrected chi connectivity index (χ2v) is 4.69. The first-order valence-corrected chi connectivity index (χ1v) is 6.45. The highest BCUT2D eigenvalue weighted by Gasteiger charge is 2.32. The van der Waals surface area contributed by atoms with E-state index in [-0.39, 0.29) is 31.2 Å². The van der Waals surface area contributed by atoms with Crippen LogP contribution in [-0.2, 0) is 0 Å². The van der Waals surface area contributed by atoms with E-state index in [1.54, 1.807) is 11.8 Å². The topological polar surface area (TPSA) is 15.3 Å². The molecule has 2 rings (SSSR count). The van der Waals surface area contributed by atoms with Crippen molar-refractivity contribution in [2.24, 2.45) is 0 Å². The molecule has 0 aromatic heterocycles. The summed E-state index contributed by atoms with van der Waals surface area (Å²) in [5.74, 6) is -9.34. The molecule has 9 heteroatoms. The van der Waals surface area contributed by atoms with Crippen molar-refractivity contribution in [1.82, 2.24) is 10.2 Å². The average molecular weight is 367 g/mol. The van der Waals surface area contributed by atoms with Crippen molar-refractivity contribution in [3.05, 3.63) is 34.6 Å². The van der Waals surface area contributed by atoms with E-state index < -0.39 is 40.7 Å². The predicted octanol–water partition coefficient (Wildman–Crippen LogP) is 3.58. The lowest BCUT2D eigenvalue weighted by Crippen LogP contribution is -2.45. The van der Waals surface area contributed by atoms with Crippen molar-refractivity contribution >= 4 is 24.8 Å². The molecule has 22 heavy (non-hydrogen) atoms. The number of nitrogens with one attached hydrogen (secondary N) is 1. The highest BCUT2D eigenvalue weighted by atomic mass is 35.5. The minimum Gasteiger partial charge on any atom is -0.314 e. The molecular formula is C13H17Cl2F5N2. The Hall–Kier alpha value is -0.630. The molecule has 1 aliphatic heterocycles. The number of benzene rings is 1. The van der Waals surface area contributed by atoms with Crippen LogP contribution >= 0.6 is 24.8 Å². The van der Waals surface area contributed by atoms with Gasteiger partial charge < -0.3 is 5.32 Å². The zero-order valence-electron chi connectivity index (χ0n) is 11.8. The molecule has 1 atom stereocenters. The van der Waals surface area contributed by atoms with Gasteiger partial charge in [0.15, 0.2) is 23.3 Å². The Balaban J connectivity index is 0.00000220. The second kappa shape index (κ2) is 8.86. The van der Waals surface area contributed by atoms with Gasteiger partial charge in [-0.25, -0.2) is 22.0 Å². The van der Waals surface area contributed by atoms with Gasteiger partial charge in [-0.1, -0.05) is 6.92 Å². The molecule has 1 heterocycles. The van der Waals surface area contributed by atoms with Gasteiger partial charge in [-0.2, -0.15) is 0 Å². The number of hydrogen-bond acceptors (Lipinski definition) is 2. The van der Waals surface area contributed by atoms with Crippen LogP contribution in [0.15, 0.2) is 0 Å². The standard InChI is InChI=1S/C13H15F5N2.2ClH/c1-2-7(20-5-3-19-4-6-20)8-9(14)11(16)13(18)12(17)10(8)15;;/h7,19H,2-6H2,1H3;2*1H/t7-;;/m0../s1. The lowest BCUT2D eigenvalue weighted by molar-refractivity contribution is 0.160. The molecule has 2 nitrogen and oxygen atoms in total. The molecule has 0 saturated carbocycles. The molecule has 1 aliphatic rings. The molecule has 1 fully saturated rings. The van der Waals surface area contributed by atoms with Gasteiger partial charge in [0.05, 0.1) is 0 Å². The first-order valence-electron chi connectivity index (χ1n) is 6.45. The lowest BCUT2D eigenvalue weighted by Gasteiger charge is -2.35. The molecule has 0 amide bonds.